The maximum absolute atomic E-state index is 9.50. The number of hydrogen-bond acceptors (Lipinski definition) is 4. The Labute approximate surface area is 153 Å². The summed E-state index contributed by atoms with van der Waals surface area (Å²) >= 11 is 7.44. The lowest BCUT2D eigenvalue weighted by atomic mass is 10.2. The molecule has 0 fully saturated rings. The van der Waals surface area contributed by atoms with Crippen molar-refractivity contribution in [2.75, 3.05) is 0 Å². The molecule has 0 bridgehead atoms. The van der Waals surface area contributed by atoms with E-state index in [-0.39, 0.29) is 0 Å². The first-order valence-electron chi connectivity index (χ1n) is 7.51. The van der Waals surface area contributed by atoms with Crippen LogP contribution >= 0.6 is 22.9 Å². The van der Waals surface area contributed by atoms with Gasteiger partial charge in [-0.05, 0) is 30.3 Å². The van der Waals surface area contributed by atoms with Crippen LogP contribution in [-0.2, 0) is 0 Å². The fourth-order valence-corrected chi connectivity index (χ4v) is 3.37. The standard InChI is InChI=1S/C19H11ClN4S/c20-14-7-5-12(6-8-14)19-22-15(11-25-19)9-13(10-21)18-23-16-3-1-2-4-17(16)24-18/h1-9,11H,(H,23,24)/b13-9+. The van der Waals surface area contributed by atoms with Gasteiger partial charge in [-0.2, -0.15) is 5.26 Å². The van der Waals surface area contributed by atoms with Crippen molar-refractivity contribution >= 4 is 45.6 Å². The number of allylic oxidation sites excluding steroid dienone is 1. The van der Waals surface area contributed by atoms with Crippen LogP contribution in [0.15, 0.2) is 53.9 Å². The van der Waals surface area contributed by atoms with E-state index in [9.17, 15) is 5.26 Å². The quantitative estimate of drug-likeness (QED) is 0.496. The summed E-state index contributed by atoms with van der Waals surface area (Å²) < 4.78 is 0. The van der Waals surface area contributed by atoms with E-state index in [0.717, 1.165) is 27.3 Å². The lowest BCUT2D eigenvalue weighted by Gasteiger charge is -1.95. The second kappa shape index (κ2) is 6.52. The van der Waals surface area contributed by atoms with Gasteiger partial charge in [0.1, 0.15) is 16.9 Å². The molecule has 1 N–H and O–H groups in total. The molecular formula is C19H11ClN4S. The van der Waals surface area contributed by atoms with Crippen molar-refractivity contribution in [2.45, 2.75) is 0 Å². The van der Waals surface area contributed by atoms with Crippen molar-refractivity contribution < 1.29 is 0 Å². The molecule has 0 amide bonds. The molecule has 0 atom stereocenters. The minimum Gasteiger partial charge on any atom is -0.337 e. The number of nitrogens with one attached hydrogen (secondary N) is 1. The number of halogens is 1. The van der Waals surface area contributed by atoms with Crippen molar-refractivity contribution in [1.29, 1.82) is 5.26 Å². The number of nitrogens with zero attached hydrogens (tertiary/aromatic N) is 3. The van der Waals surface area contributed by atoms with Gasteiger partial charge in [0.05, 0.1) is 22.3 Å². The first kappa shape index (κ1) is 15.6. The van der Waals surface area contributed by atoms with Gasteiger partial charge < -0.3 is 4.98 Å². The van der Waals surface area contributed by atoms with Gasteiger partial charge in [0.15, 0.2) is 0 Å². The molecule has 2 aromatic heterocycles. The van der Waals surface area contributed by atoms with Crippen LogP contribution in [0.4, 0.5) is 0 Å². The first-order valence-corrected chi connectivity index (χ1v) is 8.77. The summed E-state index contributed by atoms with van der Waals surface area (Å²) in [5, 5.41) is 13.0. The average molecular weight is 363 g/mol. The summed E-state index contributed by atoms with van der Waals surface area (Å²) in [5.74, 6) is 0.546. The van der Waals surface area contributed by atoms with Crippen LogP contribution in [0, 0.1) is 11.3 Å². The zero-order valence-electron chi connectivity index (χ0n) is 12.9. The van der Waals surface area contributed by atoms with E-state index in [1.807, 2.05) is 53.9 Å². The highest BCUT2D eigenvalue weighted by atomic mass is 35.5. The largest absolute Gasteiger partial charge is 0.337 e. The highest BCUT2D eigenvalue weighted by molar-refractivity contribution is 7.13. The molecule has 0 saturated carbocycles. The van der Waals surface area contributed by atoms with Crippen LogP contribution < -0.4 is 0 Å². The summed E-state index contributed by atoms with van der Waals surface area (Å²) in [7, 11) is 0. The van der Waals surface area contributed by atoms with Crippen molar-refractivity contribution in [3.63, 3.8) is 0 Å². The normalized spacial score (nSPS) is 11.6. The van der Waals surface area contributed by atoms with Crippen LogP contribution in [-0.4, -0.2) is 15.0 Å². The monoisotopic (exact) mass is 362 g/mol. The summed E-state index contributed by atoms with van der Waals surface area (Å²) in [5.41, 5.74) is 3.91. The first-order chi connectivity index (χ1) is 12.2. The smallest absolute Gasteiger partial charge is 0.149 e. The highest BCUT2D eigenvalue weighted by Gasteiger charge is 2.09. The second-order valence-electron chi connectivity index (χ2n) is 5.36. The number of thiazole rings is 1. The topological polar surface area (TPSA) is 65.4 Å². The Morgan fingerprint density at radius 1 is 1.12 bits per heavy atom. The molecule has 0 aliphatic heterocycles. The van der Waals surface area contributed by atoms with Crippen LogP contribution in [0.1, 0.15) is 11.5 Å². The molecule has 120 valence electrons. The molecule has 2 aromatic carbocycles. The van der Waals surface area contributed by atoms with Crippen LogP contribution in [0.2, 0.25) is 5.02 Å². The number of benzene rings is 2. The molecule has 0 spiro atoms. The Morgan fingerprint density at radius 3 is 2.68 bits per heavy atom. The number of nitriles is 1. The van der Waals surface area contributed by atoms with Gasteiger partial charge in [-0.3, -0.25) is 0 Å². The van der Waals surface area contributed by atoms with E-state index in [1.54, 1.807) is 6.08 Å². The Bertz CT molecular complexity index is 1080. The second-order valence-corrected chi connectivity index (χ2v) is 6.65. The summed E-state index contributed by atoms with van der Waals surface area (Å²) in [4.78, 5) is 12.2. The van der Waals surface area contributed by atoms with Crippen LogP contribution in [0.25, 0.3) is 33.3 Å². The summed E-state index contributed by atoms with van der Waals surface area (Å²) in [6.07, 6.45) is 1.74. The Kier molecular flexibility index (Phi) is 4.06. The van der Waals surface area contributed by atoms with Gasteiger partial charge in [-0.15, -0.1) is 11.3 Å². The van der Waals surface area contributed by atoms with E-state index in [4.69, 9.17) is 11.6 Å². The lowest BCUT2D eigenvalue weighted by molar-refractivity contribution is 1.27. The predicted molar refractivity (Wildman–Crippen MR) is 102 cm³/mol. The van der Waals surface area contributed by atoms with E-state index >= 15 is 0 Å². The SMILES string of the molecule is N#C/C(=C\c1csc(-c2ccc(Cl)cc2)n1)c1nc2ccccc2[nH]1. The van der Waals surface area contributed by atoms with Gasteiger partial charge in [0, 0.05) is 16.0 Å². The molecule has 4 rings (SSSR count). The number of aromatic nitrogens is 3. The molecule has 0 aliphatic rings. The zero-order valence-corrected chi connectivity index (χ0v) is 14.5. The molecule has 6 heteroatoms. The van der Waals surface area contributed by atoms with Gasteiger partial charge >= 0.3 is 0 Å². The molecular weight excluding hydrogens is 352 g/mol. The number of hydrogen-bond donors (Lipinski definition) is 1. The third-order valence-corrected chi connectivity index (χ3v) is 4.83. The molecule has 0 aliphatic carbocycles. The molecule has 25 heavy (non-hydrogen) atoms. The van der Waals surface area contributed by atoms with Crippen molar-refractivity contribution in [3.05, 3.63) is 70.5 Å². The Balaban J connectivity index is 1.69. The van der Waals surface area contributed by atoms with Gasteiger partial charge in [0.25, 0.3) is 0 Å². The molecule has 4 aromatic rings. The Hall–Kier alpha value is -2.94. The van der Waals surface area contributed by atoms with E-state index in [2.05, 4.69) is 21.0 Å². The van der Waals surface area contributed by atoms with Crippen molar-refractivity contribution in [3.8, 4) is 16.6 Å². The van der Waals surface area contributed by atoms with Crippen molar-refractivity contribution in [1.82, 2.24) is 15.0 Å². The number of H-pyrrole nitrogens is 1. The molecule has 0 radical (unpaired) electrons. The predicted octanol–water partition coefficient (Wildman–Crippen LogP) is 5.40. The van der Waals surface area contributed by atoms with E-state index in [1.165, 1.54) is 11.3 Å². The van der Waals surface area contributed by atoms with Crippen molar-refractivity contribution in [2.24, 2.45) is 0 Å². The maximum atomic E-state index is 9.50. The molecule has 0 saturated heterocycles. The number of fused-ring (bicyclic) bond motifs is 1. The third kappa shape index (κ3) is 3.18. The van der Waals surface area contributed by atoms with Gasteiger partial charge in [0.2, 0.25) is 0 Å². The Morgan fingerprint density at radius 2 is 1.92 bits per heavy atom. The molecule has 0 unspecified atom stereocenters. The van der Waals surface area contributed by atoms with E-state index in [0.29, 0.717) is 16.4 Å². The minimum absolute atomic E-state index is 0.448. The number of imidazole rings is 1. The summed E-state index contributed by atoms with van der Waals surface area (Å²) in [6, 6.07) is 17.4. The summed E-state index contributed by atoms with van der Waals surface area (Å²) in [6.45, 7) is 0. The number of para-hydroxylation sites is 2. The highest BCUT2D eigenvalue weighted by Crippen LogP contribution is 2.27. The minimum atomic E-state index is 0.448. The van der Waals surface area contributed by atoms with Gasteiger partial charge in [-0.1, -0.05) is 35.9 Å². The molecule has 2 heterocycles. The number of rotatable bonds is 3. The zero-order chi connectivity index (χ0) is 17.2. The average Bonchev–Trinajstić information content (AvgIpc) is 3.27. The van der Waals surface area contributed by atoms with Gasteiger partial charge in [-0.25, -0.2) is 9.97 Å². The number of aromatic amines is 1. The lowest BCUT2D eigenvalue weighted by Crippen LogP contribution is -1.85. The fourth-order valence-electron chi connectivity index (χ4n) is 2.46. The van der Waals surface area contributed by atoms with Crippen LogP contribution in [0.5, 0.6) is 0 Å². The fraction of sp³-hybridized carbons (Fsp3) is 0. The maximum Gasteiger partial charge on any atom is 0.149 e. The van der Waals surface area contributed by atoms with Crippen LogP contribution in [0.3, 0.4) is 0 Å². The van der Waals surface area contributed by atoms with E-state index < -0.39 is 0 Å². The molecule has 4 nitrogen and oxygen atoms in total. The third-order valence-electron chi connectivity index (χ3n) is 3.67.